The highest BCUT2D eigenvalue weighted by Crippen LogP contribution is 2.66. The number of aromatic amines is 1. The average Bonchev–Trinajstić information content (AvgIpc) is 3.33. The quantitative estimate of drug-likeness (QED) is 0.431. The Labute approximate surface area is 194 Å². The summed E-state index contributed by atoms with van der Waals surface area (Å²) >= 11 is 15.7. The van der Waals surface area contributed by atoms with Gasteiger partial charge in [0.15, 0.2) is 0 Å². The van der Waals surface area contributed by atoms with Gasteiger partial charge >= 0.3 is 0 Å². The summed E-state index contributed by atoms with van der Waals surface area (Å²) < 4.78 is 8.81. The fraction of sp³-hybridized carbons (Fsp3) is 0.438. The van der Waals surface area contributed by atoms with E-state index in [0.717, 1.165) is 18.5 Å². The molecule has 3 aliphatic rings. The molecular formula is C16H20N2OS8. The largest absolute Gasteiger partial charge is 0.400 e. The maximum absolute atomic E-state index is 7.00. The van der Waals surface area contributed by atoms with E-state index in [4.69, 9.17) is 5.11 Å². The van der Waals surface area contributed by atoms with Crippen LogP contribution in [0.2, 0.25) is 0 Å². The lowest BCUT2D eigenvalue weighted by atomic mass is 10.4. The van der Waals surface area contributed by atoms with Crippen LogP contribution in [-0.2, 0) is 0 Å². The van der Waals surface area contributed by atoms with Crippen LogP contribution in [0.15, 0.2) is 30.3 Å². The minimum Gasteiger partial charge on any atom is -0.400 e. The van der Waals surface area contributed by atoms with Crippen molar-refractivity contribution in [2.24, 2.45) is 0 Å². The molecule has 0 atom stereocenters. The number of hydrogen-bond acceptors (Lipinski definition) is 10. The highest BCUT2D eigenvalue weighted by atomic mass is 32.3. The van der Waals surface area contributed by atoms with Crippen molar-refractivity contribution in [2.45, 2.75) is 25.2 Å². The summed E-state index contributed by atoms with van der Waals surface area (Å²) in [5, 5.41) is 14.4. The van der Waals surface area contributed by atoms with E-state index in [1.54, 1.807) is 0 Å². The van der Waals surface area contributed by atoms with Gasteiger partial charge in [-0.1, -0.05) is 58.8 Å². The molecule has 27 heavy (non-hydrogen) atoms. The van der Waals surface area contributed by atoms with Gasteiger partial charge in [-0.15, -0.1) is 35.3 Å². The lowest BCUT2D eigenvalue weighted by Gasteiger charge is -2.04. The molecule has 148 valence electrons. The molecule has 0 saturated carbocycles. The zero-order valence-corrected chi connectivity index (χ0v) is 21.8. The van der Waals surface area contributed by atoms with Crippen molar-refractivity contribution in [3.8, 4) is 0 Å². The molecule has 0 spiro atoms. The molecule has 0 fully saturated rings. The summed E-state index contributed by atoms with van der Waals surface area (Å²) in [6, 6.07) is 0. The van der Waals surface area contributed by atoms with Crippen LogP contribution >= 0.6 is 94.1 Å². The average molecular weight is 513 g/mol. The Balaban J connectivity index is 0.00000102. The van der Waals surface area contributed by atoms with Gasteiger partial charge in [-0.2, -0.15) is 5.10 Å². The molecule has 1 aromatic rings. The normalized spacial score (nSPS) is 20.0. The zero-order valence-electron chi connectivity index (χ0n) is 15.3. The molecule has 0 aliphatic carbocycles. The van der Waals surface area contributed by atoms with Gasteiger partial charge in [-0.25, -0.2) is 0 Å². The monoisotopic (exact) mass is 512 g/mol. The Morgan fingerprint density at radius 1 is 0.889 bits per heavy atom. The lowest BCUT2D eigenvalue weighted by Crippen LogP contribution is -1.79. The molecule has 0 aromatic carbocycles. The van der Waals surface area contributed by atoms with Crippen LogP contribution in [0.4, 0.5) is 0 Å². The molecule has 2 N–H and O–H groups in total. The van der Waals surface area contributed by atoms with E-state index in [0.29, 0.717) is 0 Å². The third kappa shape index (κ3) is 5.46. The van der Waals surface area contributed by atoms with Gasteiger partial charge in [-0.05, 0) is 38.0 Å². The maximum Gasteiger partial charge on any atom is 0.0733 e. The van der Waals surface area contributed by atoms with E-state index in [1.807, 2.05) is 94.1 Å². The van der Waals surface area contributed by atoms with E-state index >= 15 is 0 Å². The molecule has 0 radical (unpaired) electrons. The van der Waals surface area contributed by atoms with Crippen molar-refractivity contribution in [3.05, 3.63) is 36.8 Å². The number of nitrogens with one attached hydrogen (secondary N) is 1. The number of aryl methyl sites for hydroxylation is 2. The first-order chi connectivity index (χ1) is 13.2. The van der Waals surface area contributed by atoms with Crippen LogP contribution in [0.3, 0.4) is 0 Å². The summed E-state index contributed by atoms with van der Waals surface area (Å²) in [7, 11) is 1.00. The first kappa shape index (κ1) is 22.9. The minimum absolute atomic E-state index is 1.00. The number of H-pyrrole nitrogens is 1. The molecule has 0 saturated heterocycles. The van der Waals surface area contributed by atoms with Gasteiger partial charge < -0.3 is 5.11 Å². The van der Waals surface area contributed by atoms with Crippen LogP contribution in [0.1, 0.15) is 17.8 Å². The minimum atomic E-state index is 1.00. The van der Waals surface area contributed by atoms with E-state index in [-0.39, 0.29) is 0 Å². The highest BCUT2D eigenvalue weighted by molar-refractivity contribution is 8.45. The molecule has 3 nitrogen and oxygen atoms in total. The molecule has 1 aromatic heterocycles. The van der Waals surface area contributed by atoms with Crippen LogP contribution in [-0.4, -0.2) is 40.2 Å². The third-order valence-electron chi connectivity index (χ3n) is 3.44. The fourth-order valence-electron chi connectivity index (χ4n) is 2.25. The maximum atomic E-state index is 7.00. The number of aliphatic hydroxyl groups is 1. The number of nitrogens with zero attached hydrogens (tertiary/aromatic N) is 1. The second kappa shape index (κ2) is 11.0. The number of rotatable bonds is 3. The predicted octanol–water partition coefficient (Wildman–Crippen LogP) is 7.30. The number of hydrogen-bond donors (Lipinski definition) is 2. The van der Waals surface area contributed by atoms with E-state index in [9.17, 15) is 0 Å². The van der Waals surface area contributed by atoms with Gasteiger partial charge in [0.25, 0.3) is 0 Å². The van der Waals surface area contributed by atoms with Gasteiger partial charge in [0.2, 0.25) is 0 Å². The number of aromatic nitrogens is 2. The molecule has 0 amide bonds. The highest BCUT2D eigenvalue weighted by Gasteiger charge is 2.31. The van der Waals surface area contributed by atoms with E-state index in [2.05, 4.69) is 30.3 Å². The predicted molar refractivity (Wildman–Crippen MR) is 137 cm³/mol. The van der Waals surface area contributed by atoms with E-state index < -0.39 is 0 Å². The van der Waals surface area contributed by atoms with Crippen molar-refractivity contribution >= 4 is 94.1 Å². The SMILES string of the molecule is CO.CSC1=C(Sc2c(C)n[nH]c2C)SC(=C2SC3=C(SCCCS3)S2)S1. The molecule has 0 unspecified atom stereocenters. The van der Waals surface area contributed by atoms with Crippen LogP contribution in [0, 0.1) is 13.8 Å². The second-order valence-electron chi connectivity index (χ2n) is 5.25. The Hall–Kier alpha value is 1.19. The number of aliphatic hydroxyl groups excluding tert-OH is 1. The van der Waals surface area contributed by atoms with Crippen LogP contribution in [0.5, 0.6) is 0 Å². The molecule has 4 heterocycles. The molecule has 0 bridgehead atoms. The summed E-state index contributed by atoms with van der Waals surface area (Å²) in [6.45, 7) is 4.18. The molecule has 4 rings (SSSR count). The van der Waals surface area contributed by atoms with Gasteiger partial charge in [-0.3, -0.25) is 5.10 Å². The van der Waals surface area contributed by atoms with Crippen molar-refractivity contribution in [3.63, 3.8) is 0 Å². The van der Waals surface area contributed by atoms with Crippen molar-refractivity contribution < 1.29 is 5.11 Å². The molecule has 11 heteroatoms. The Morgan fingerprint density at radius 2 is 1.48 bits per heavy atom. The molecule has 3 aliphatic heterocycles. The standard InChI is InChI=1S/C15H16N2S8.CH4O/c1-7-9(8(2)17-16-7)21-13-10(18-3)22-14(25-13)15-23-11-12(24-15)20-6-4-5-19-11;1-2/h4-6H2,1-3H3,(H,16,17);2H,1H3. The smallest absolute Gasteiger partial charge is 0.0733 e. The number of thioether (sulfide) groups is 8. The van der Waals surface area contributed by atoms with Crippen molar-refractivity contribution in [1.29, 1.82) is 0 Å². The van der Waals surface area contributed by atoms with Gasteiger partial charge in [0.1, 0.15) is 0 Å². The van der Waals surface area contributed by atoms with E-state index in [1.165, 1.54) is 48.2 Å². The van der Waals surface area contributed by atoms with Gasteiger partial charge in [0, 0.05) is 12.8 Å². The summed E-state index contributed by atoms with van der Waals surface area (Å²) in [6.07, 6.45) is 3.50. The Bertz CT molecular complexity index is 759. The third-order valence-corrected chi connectivity index (χ3v) is 15.2. The summed E-state index contributed by atoms with van der Waals surface area (Å²) in [5.41, 5.74) is 2.25. The van der Waals surface area contributed by atoms with Gasteiger partial charge in [0.05, 0.1) is 36.0 Å². The first-order valence-corrected chi connectivity index (χ1v) is 15.3. The van der Waals surface area contributed by atoms with Crippen molar-refractivity contribution in [1.82, 2.24) is 10.2 Å². The lowest BCUT2D eigenvalue weighted by molar-refractivity contribution is 0.399. The fourth-order valence-corrected chi connectivity index (χ4v) is 13.9. The van der Waals surface area contributed by atoms with Crippen molar-refractivity contribution in [2.75, 3.05) is 24.9 Å². The van der Waals surface area contributed by atoms with Crippen LogP contribution in [0.25, 0.3) is 0 Å². The first-order valence-electron chi connectivity index (χ1n) is 8.03. The Kier molecular flexibility index (Phi) is 9.31. The topological polar surface area (TPSA) is 48.9 Å². The zero-order chi connectivity index (χ0) is 19.4. The van der Waals surface area contributed by atoms with Crippen LogP contribution < -0.4 is 0 Å². The molecular weight excluding hydrogens is 493 g/mol. The Morgan fingerprint density at radius 3 is 2.04 bits per heavy atom. The summed E-state index contributed by atoms with van der Waals surface area (Å²) in [5.74, 6) is 2.52. The summed E-state index contributed by atoms with van der Waals surface area (Å²) in [4.78, 5) is 1.27. The second-order valence-corrected chi connectivity index (χ2v) is 14.9.